The number of aromatic nitrogens is 1. The minimum atomic E-state index is -2.69. The molecule has 1 N–H and O–H groups in total. The van der Waals surface area contributed by atoms with Crippen molar-refractivity contribution in [3.63, 3.8) is 0 Å². The van der Waals surface area contributed by atoms with Crippen LogP contribution in [0.25, 0.3) is 0 Å². The molecular formula is C19H17ClN2O3S. The third-order valence-electron chi connectivity index (χ3n) is 3.65. The second-order valence-electron chi connectivity index (χ2n) is 5.57. The number of ether oxygens (including phenoxy) is 1. The number of halogens is 1. The van der Waals surface area contributed by atoms with Crippen LogP contribution in [0.4, 0.5) is 0 Å². The Bertz CT molecular complexity index is 954. The first-order valence-electron chi connectivity index (χ1n) is 7.92. The molecule has 0 saturated carbocycles. The van der Waals surface area contributed by atoms with Crippen molar-refractivity contribution in [2.45, 2.75) is 18.0 Å². The maximum Gasteiger partial charge on any atom is 0.168 e. The van der Waals surface area contributed by atoms with Crippen LogP contribution in [0.3, 0.4) is 0 Å². The smallest absolute Gasteiger partial charge is 0.168 e. The summed E-state index contributed by atoms with van der Waals surface area (Å²) in [5.41, 5.74) is 1.66. The molecule has 7 heteroatoms. The van der Waals surface area contributed by atoms with Crippen LogP contribution in [-0.4, -0.2) is 13.4 Å². The van der Waals surface area contributed by atoms with Crippen LogP contribution in [0.15, 0.2) is 71.9 Å². The predicted molar refractivity (Wildman–Crippen MR) is 101 cm³/mol. The van der Waals surface area contributed by atoms with Gasteiger partial charge in [-0.3, -0.25) is 4.98 Å². The lowest BCUT2D eigenvalue weighted by Gasteiger charge is -2.11. The van der Waals surface area contributed by atoms with Crippen molar-refractivity contribution in [2.24, 2.45) is 0 Å². The second-order valence-corrected chi connectivity index (χ2v) is 7.00. The fraction of sp³-hybridized carbons (Fsp3) is 0.105. The van der Waals surface area contributed by atoms with E-state index in [1.807, 2.05) is 24.3 Å². The van der Waals surface area contributed by atoms with Gasteiger partial charge in [-0.1, -0.05) is 23.7 Å². The second kappa shape index (κ2) is 8.80. The Morgan fingerprint density at radius 1 is 1.00 bits per heavy atom. The summed E-state index contributed by atoms with van der Waals surface area (Å²) in [6, 6.07) is 16.0. The molecule has 0 aliphatic carbocycles. The molecule has 26 heavy (non-hydrogen) atoms. The van der Waals surface area contributed by atoms with Crippen molar-refractivity contribution in [3.05, 3.63) is 83.1 Å². The van der Waals surface area contributed by atoms with Crippen LogP contribution in [0.2, 0.25) is 5.02 Å². The maximum atomic E-state index is 11.5. The van der Waals surface area contributed by atoms with Crippen molar-refractivity contribution >= 4 is 22.3 Å². The summed E-state index contributed by atoms with van der Waals surface area (Å²) in [7, 11) is -2.69. The quantitative estimate of drug-likeness (QED) is 0.603. The summed E-state index contributed by atoms with van der Waals surface area (Å²) < 4.78 is 28.7. The Hall–Kier alpha value is -2.41. The monoisotopic (exact) mass is 388 g/mol. The largest absolute Gasteiger partial charge is 0.456 e. The first-order chi connectivity index (χ1) is 12.6. The van der Waals surface area contributed by atoms with Crippen LogP contribution in [0.5, 0.6) is 11.5 Å². The molecule has 0 spiro atoms. The van der Waals surface area contributed by atoms with Gasteiger partial charge >= 0.3 is 0 Å². The summed E-state index contributed by atoms with van der Waals surface area (Å²) in [4.78, 5) is 4.27. The third kappa shape index (κ3) is 5.05. The van der Waals surface area contributed by atoms with Crippen LogP contribution < -0.4 is 10.1 Å². The molecule has 1 aromatic heterocycles. The van der Waals surface area contributed by atoms with Crippen molar-refractivity contribution in [2.75, 3.05) is 0 Å². The molecule has 0 unspecified atom stereocenters. The van der Waals surface area contributed by atoms with Gasteiger partial charge in [-0.2, -0.15) is 0 Å². The maximum absolute atomic E-state index is 11.5. The van der Waals surface area contributed by atoms with Crippen molar-refractivity contribution < 1.29 is 13.2 Å². The highest BCUT2D eigenvalue weighted by Gasteiger charge is 2.08. The lowest BCUT2D eigenvalue weighted by Crippen LogP contribution is -2.14. The lowest BCUT2D eigenvalue weighted by molar-refractivity contribution is 0.478. The summed E-state index contributed by atoms with van der Waals surface area (Å²) in [5, 5.41) is 3.90. The van der Waals surface area contributed by atoms with Gasteiger partial charge in [-0.25, -0.2) is 8.42 Å². The first-order valence-corrected chi connectivity index (χ1v) is 9.48. The SMILES string of the molecule is O=[SH](=O)c1ccc(Oc2cccnc2)cc1CNCc1cccc(Cl)c1. The van der Waals surface area contributed by atoms with Gasteiger partial charge in [0.1, 0.15) is 11.5 Å². The van der Waals surface area contributed by atoms with Gasteiger partial charge in [0.15, 0.2) is 10.7 Å². The average Bonchev–Trinajstić information content (AvgIpc) is 2.63. The predicted octanol–water partition coefficient (Wildman–Crippen LogP) is 3.79. The van der Waals surface area contributed by atoms with Crippen molar-refractivity contribution in [3.8, 4) is 11.5 Å². The topological polar surface area (TPSA) is 68.3 Å². The van der Waals surface area contributed by atoms with Gasteiger partial charge in [0.25, 0.3) is 0 Å². The Morgan fingerprint density at radius 2 is 1.88 bits per heavy atom. The molecule has 0 radical (unpaired) electrons. The van der Waals surface area contributed by atoms with E-state index in [4.69, 9.17) is 16.3 Å². The number of hydrogen-bond acceptors (Lipinski definition) is 5. The zero-order chi connectivity index (χ0) is 18.4. The van der Waals surface area contributed by atoms with Gasteiger partial charge in [0, 0.05) is 24.3 Å². The molecule has 3 rings (SSSR count). The van der Waals surface area contributed by atoms with Gasteiger partial charge in [-0.15, -0.1) is 0 Å². The number of rotatable bonds is 7. The minimum Gasteiger partial charge on any atom is -0.456 e. The number of hydrogen-bond donors (Lipinski definition) is 2. The fourth-order valence-corrected chi connectivity index (χ4v) is 3.26. The number of nitrogens with zero attached hydrogens (tertiary/aromatic N) is 1. The van der Waals surface area contributed by atoms with E-state index in [1.54, 1.807) is 42.7 Å². The standard InChI is InChI=1S/C19H17ClN2O3S/c20-16-4-1-3-14(9-16)11-22-12-15-10-17(6-7-19(15)26(23)24)25-18-5-2-8-21-13-18/h1-10,13,22,26H,11-12H2. The molecule has 2 aromatic carbocycles. The average molecular weight is 389 g/mol. The van der Waals surface area contributed by atoms with Crippen molar-refractivity contribution in [1.82, 2.24) is 10.3 Å². The Kier molecular flexibility index (Phi) is 6.22. The van der Waals surface area contributed by atoms with Crippen LogP contribution >= 0.6 is 11.6 Å². The van der Waals surface area contributed by atoms with E-state index in [0.717, 1.165) is 5.56 Å². The Morgan fingerprint density at radius 3 is 2.62 bits per heavy atom. The minimum absolute atomic E-state index is 0.275. The van der Waals surface area contributed by atoms with Gasteiger partial charge in [0.05, 0.1) is 11.1 Å². The highest BCUT2D eigenvalue weighted by molar-refractivity contribution is 7.72. The van der Waals surface area contributed by atoms with E-state index in [2.05, 4.69) is 10.3 Å². The van der Waals surface area contributed by atoms with Crippen molar-refractivity contribution in [1.29, 1.82) is 0 Å². The molecule has 5 nitrogen and oxygen atoms in total. The van der Waals surface area contributed by atoms with Gasteiger partial charge < -0.3 is 10.1 Å². The van der Waals surface area contributed by atoms with Gasteiger partial charge in [0.2, 0.25) is 0 Å². The molecule has 0 aliphatic heterocycles. The molecule has 3 aromatic rings. The molecule has 0 aliphatic rings. The van der Waals surface area contributed by atoms with Crippen LogP contribution in [0, 0.1) is 0 Å². The molecule has 0 atom stereocenters. The van der Waals surface area contributed by atoms with Crippen LogP contribution in [-0.2, 0) is 23.8 Å². The molecule has 0 saturated heterocycles. The fourth-order valence-electron chi connectivity index (χ4n) is 2.48. The molecule has 134 valence electrons. The highest BCUT2D eigenvalue weighted by Crippen LogP contribution is 2.24. The molecule has 0 fully saturated rings. The van der Waals surface area contributed by atoms with Gasteiger partial charge in [-0.05, 0) is 53.6 Å². The van der Waals surface area contributed by atoms with Crippen LogP contribution in [0.1, 0.15) is 11.1 Å². The normalized spacial score (nSPS) is 10.8. The highest BCUT2D eigenvalue weighted by atomic mass is 35.5. The first kappa shape index (κ1) is 18.4. The number of nitrogens with one attached hydrogen (secondary N) is 1. The summed E-state index contributed by atoms with van der Waals surface area (Å²) in [6.07, 6.45) is 3.25. The number of thiol groups is 1. The Balaban J connectivity index is 1.74. The number of benzene rings is 2. The zero-order valence-electron chi connectivity index (χ0n) is 13.8. The van der Waals surface area contributed by atoms with E-state index in [0.29, 0.717) is 35.2 Å². The van der Waals surface area contributed by atoms with E-state index in [-0.39, 0.29) is 4.90 Å². The van der Waals surface area contributed by atoms with E-state index < -0.39 is 10.7 Å². The summed E-state index contributed by atoms with van der Waals surface area (Å²) in [5.74, 6) is 1.14. The summed E-state index contributed by atoms with van der Waals surface area (Å²) in [6.45, 7) is 0.957. The molecular weight excluding hydrogens is 372 g/mol. The molecule has 0 amide bonds. The third-order valence-corrected chi connectivity index (χ3v) is 4.72. The summed E-state index contributed by atoms with van der Waals surface area (Å²) >= 11 is 5.98. The lowest BCUT2D eigenvalue weighted by atomic mass is 10.2. The zero-order valence-corrected chi connectivity index (χ0v) is 15.4. The number of pyridine rings is 1. The molecule has 1 heterocycles. The van der Waals surface area contributed by atoms with E-state index in [9.17, 15) is 8.42 Å². The van der Waals surface area contributed by atoms with E-state index in [1.165, 1.54) is 0 Å². The molecule has 0 bridgehead atoms. The Labute approximate surface area is 158 Å². The van der Waals surface area contributed by atoms with E-state index >= 15 is 0 Å².